The minimum absolute atomic E-state index is 0.262. The average Bonchev–Trinajstić information content (AvgIpc) is 2.77. The second-order valence-electron chi connectivity index (χ2n) is 8.63. The fraction of sp³-hybridized carbons (Fsp3) is 0.542. The summed E-state index contributed by atoms with van der Waals surface area (Å²) >= 11 is 0. The van der Waals surface area contributed by atoms with E-state index in [2.05, 4.69) is 27.8 Å². The van der Waals surface area contributed by atoms with Crippen molar-refractivity contribution in [1.29, 1.82) is 0 Å². The maximum atomic E-state index is 11.5. The van der Waals surface area contributed by atoms with Gasteiger partial charge in [0.2, 0.25) is 0 Å². The molecule has 31 heavy (non-hydrogen) atoms. The molecule has 0 radical (unpaired) electrons. The van der Waals surface area contributed by atoms with Crippen LogP contribution in [0.15, 0.2) is 36.7 Å². The normalized spacial score (nSPS) is 20.9. The summed E-state index contributed by atoms with van der Waals surface area (Å²) in [7, 11) is 0. The van der Waals surface area contributed by atoms with Gasteiger partial charge < -0.3 is 20.5 Å². The van der Waals surface area contributed by atoms with Crippen LogP contribution in [0.1, 0.15) is 48.9 Å². The van der Waals surface area contributed by atoms with Crippen molar-refractivity contribution in [2.24, 2.45) is 5.92 Å². The van der Waals surface area contributed by atoms with Crippen LogP contribution in [0.5, 0.6) is 0 Å². The number of rotatable bonds is 11. The second kappa shape index (κ2) is 10.7. The molecule has 0 aromatic carbocycles. The summed E-state index contributed by atoms with van der Waals surface area (Å²) in [5.41, 5.74) is 3.53. The highest BCUT2D eigenvalue weighted by Gasteiger charge is 2.30. The third kappa shape index (κ3) is 6.24. The van der Waals surface area contributed by atoms with Crippen LogP contribution in [0.3, 0.4) is 0 Å². The SMILES string of the molecule is O=C(O)[C@H](CCOC1CC(CCc2ccc3c(n2)NCCC3)C1)NCc1ccncc1. The van der Waals surface area contributed by atoms with Crippen LogP contribution >= 0.6 is 0 Å². The van der Waals surface area contributed by atoms with Crippen molar-refractivity contribution in [2.45, 2.75) is 63.6 Å². The predicted molar refractivity (Wildman–Crippen MR) is 119 cm³/mol. The Labute approximate surface area is 183 Å². The highest BCUT2D eigenvalue weighted by molar-refractivity contribution is 5.73. The number of hydrogen-bond donors (Lipinski definition) is 3. The summed E-state index contributed by atoms with van der Waals surface area (Å²) < 4.78 is 5.93. The molecule has 166 valence electrons. The number of pyridine rings is 2. The van der Waals surface area contributed by atoms with Crippen molar-refractivity contribution in [1.82, 2.24) is 15.3 Å². The Bertz CT molecular complexity index is 855. The molecule has 0 spiro atoms. The van der Waals surface area contributed by atoms with Crippen LogP contribution in [0.25, 0.3) is 0 Å². The number of hydrogen-bond acceptors (Lipinski definition) is 6. The van der Waals surface area contributed by atoms with Crippen molar-refractivity contribution in [3.05, 3.63) is 53.5 Å². The van der Waals surface area contributed by atoms with E-state index in [-0.39, 0.29) is 6.10 Å². The molecular formula is C24H32N4O3. The monoisotopic (exact) mass is 424 g/mol. The molecule has 1 saturated carbocycles. The molecule has 7 heteroatoms. The molecule has 2 aliphatic rings. The predicted octanol–water partition coefficient (Wildman–Crippen LogP) is 3.20. The van der Waals surface area contributed by atoms with Crippen molar-refractivity contribution in [3.8, 4) is 0 Å². The number of carbonyl (C=O) groups is 1. The van der Waals surface area contributed by atoms with E-state index in [0.717, 1.165) is 50.0 Å². The summed E-state index contributed by atoms with van der Waals surface area (Å²) in [5, 5.41) is 15.9. The van der Waals surface area contributed by atoms with Crippen LogP contribution in [-0.4, -0.2) is 46.3 Å². The largest absolute Gasteiger partial charge is 0.480 e. The fourth-order valence-electron chi connectivity index (χ4n) is 4.31. The lowest BCUT2D eigenvalue weighted by Gasteiger charge is -2.35. The van der Waals surface area contributed by atoms with E-state index in [9.17, 15) is 9.90 Å². The number of aryl methyl sites for hydroxylation is 2. The molecule has 0 bridgehead atoms. The molecule has 7 nitrogen and oxygen atoms in total. The molecule has 0 unspecified atom stereocenters. The number of aromatic nitrogens is 2. The minimum atomic E-state index is -0.837. The Kier molecular flexibility index (Phi) is 7.48. The molecule has 3 N–H and O–H groups in total. The van der Waals surface area contributed by atoms with Crippen LogP contribution in [0.4, 0.5) is 5.82 Å². The van der Waals surface area contributed by atoms with E-state index in [0.29, 0.717) is 25.5 Å². The molecule has 1 fully saturated rings. The van der Waals surface area contributed by atoms with Gasteiger partial charge in [0, 0.05) is 37.8 Å². The number of aliphatic carboxylic acids is 1. The van der Waals surface area contributed by atoms with Gasteiger partial charge >= 0.3 is 5.97 Å². The standard InChI is InChI=1S/C24H32N4O3/c29-24(30)22(27-16-17-7-11-25-12-8-17)9-13-31-21-14-18(15-21)3-5-20-6-4-19-2-1-10-26-23(19)28-20/h4,6-8,11-12,18,21-22,27H,1-3,5,9-10,13-16H2,(H,26,28)(H,29,30)/t18?,21?,22-/m0/s1. The lowest BCUT2D eigenvalue weighted by molar-refractivity contribution is -0.140. The fourth-order valence-corrected chi connectivity index (χ4v) is 4.31. The van der Waals surface area contributed by atoms with Gasteiger partial charge in [-0.3, -0.25) is 9.78 Å². The summed E-state index contributed by atoms with van der Waals surface area (Å²) in [6.07, 6.45) is 10.7. The Hall–Kier alpha value is -2.51. The molecule has 2 aromatic heterocycles. The Morgan fingerprint density at radius 3 is 2.90 bits per heavy atom. The van der Waals surface area contributed by atoms with E-state index in [1.165, 1.54) is 17.7 Å². The first-order valence-electron chi connectivity index (χ1n) is 11.4. The smallest absolute Gasteiger partial charge is 0.320 e. The van der Waals surface area contributed by atoms with Gasteiger partial charge in [-0.05, 0) is 80.2 Å². The zero-order valence-electron chi connectivity index (χ0n) is 17.9. The minimum Gasteiger partial charge on any atom is -0.480 e. The number of carboxylic acid groups (broad SMARTS) is 1. The summed E-state index contributed by atoms with van der Waals surface area (Å²) in [4.78, 5) is 20.3. The zero-order chi connectivity index (χ0) is 21.5. The van der Waals surface area contributed by atoms with Crippen molar-refractivity contribution >= 4 is 11.8 Å². The summed E-state index contributed by atoms with van der Waals surface area (Å²) in [6, 6.07) is 7.55. The maximum absolute atomic E-state index is 11.5. The Morgan fingerprint density at radius 1 is 1.26 bits per heavy atom. The van der Waals surface area contributed by atoms with Gasteiger partial charge in [-0.2, -0.15) is 0 Å². The Morgan fingerprint density at radius 2 is 2.10 bits per heavy atom. The number of nitrogens with zero attached hydrogens (tertiary/aromatic N) is 2. The number of ether oxygens (including phenoxy) is 1. The van der Waals surface area contributed by atoms with Gasteiger partial charge in [0.15, 0.2) is 0 Å². The topological polar surface area (TPSA) is 96.4 Å². The maximum Gasteiger partial charge on any atom is 0.320 e. The van der Waals surface area contributed by atoms with Crippen LogP contribution in [0.2, 0.25) is 0 Å². The average molecular weight is 425 g/mol. The highest BCUT2D eigenvalue weighted by atomic mass is 16.5. The van der Waals surface area contributed by atoms with Gasteiger partial charge in [0.1, 0.15) is 11.9 Å². The quantitative estimate of drug-likeness (QED) is 0.510. The van der Waals surface area contributed by atoms with E-state index in [4.69, 9.17) is 9.72 Å². The van der Waals surface area contributed by atoms with Crippen LogP contribution in [-0.2, 0) is 28.9 Å². The molecule has 1 atom stereocenters. The molecular weight excluding hydrogens is 392 g/mol. The van der Waals surface area contributed by atoms with Gasteiger partial charge in [-0.1, -0.05) is 6.07 Å². The summed E-state index contributed by atoms with van der Waals surface area (Å²) in [5.74, 6) is 0.913. The number of nitrogens with one attached hydrogen (secondary N) is 2. The third-order valence-electron chi connectivity index (χ3n) is 6.31. The molecule has 4 rings (SSSR count). The molecule has 2 aromatic rings. The molecule has 1 aliphatic carbocycles. The first kappa shape index (κ1) is 21.7. The lowest BCUT2D eigenvalue weighted by Crippen LogP contribution is -2.38. The zero-order valence-corrected chi connectivity index (χ0v) is 17.9. The van der Waals surface area contributed by atoms with Crippen LogP contribution < -0.4 is 10.6 Å². The van der Waals surface area contributed by atoms with E-state index >= 15 is 0 Å². The van der Waals surface area contributed by atoms with E-state index in [1.54, 1.807) is 12.4 Å². The van der Waals surface area contributed by atoms with Crippen LogP contribution in [0, 0.1) is 5.92 Å². The molecule has 1 aliphatic heterocycles. The number of fused-ring (bicyclic) bond motifs is 1. The van der Waals surface area contributed by atoms with Gasteiger partial charge in [0.25, 0.3) is 0 Å². The highest BCUT2D eigenvalue weighted by Crippen LogP contribution is 2.34. The van der Waals surface area contributed by atoms with Crippen molar-refractivity contribution < 1.29 is 14.6 Å². The molecule has 3 heterocycles. The molecule has 0 amide bonds. The van der Waals surface area contributed by atoms with E-state index < -0.39 is 12.0 Å². The van der Waals surface area contributed by atoms with Crippen molar-refractivity contribution in [3.63, 3.8) is 0 Å². The third-order valence-corrected chi connectivity index (χ3v) is 6.31. The van der Waals surface area contributed by atoms with Gasteiger partial charge in [0.05, 0.1) is 6.10 Å². The first-order valence-corrected chi connectivity index (χ1v) is 11.4. The first-order chi connectivity index (χ1) is 15.2. The lowest BCUT2D eigenvalue weighted by atomic mass is 9.79. The van der Waals surface area contributed by atoms with Gasteiger partial charge in [-0.15, -0.1) is 0 Å². The second-order valence-corrected chi connectivity index (χ2v) is 8.63. The van der Waals surface area contributed by atoms with Crippen molar-refractivity contribution in [2.75, 3.05) is 18.5 Å². The number of carboxylic acids is 1. The molecule has 0 saturated heterocycles. The van der Waals surface area contributed by atoms with Gasteiger partial charge in [-0.25, -0.2) is 4.98 Å². The van der Waals surface area contributed by atoms with E-state index in [1.807, 2.05) is 12.1 Å². The number of anilines is 1. The summed E-state index contributed by atoms with van der Waals surface area (Å²) in [6.45, 7) is 2.00. The Balaban J connectivity index is 1.11.